The summed E-state index contributed by atoms with van der Waals surface area (Å²) in [5.74, 6) is 0.258. The summed E-state index contributed by atoms with van der Waals surface area (Å²) in [5, 5.41) is 13.9. The molecule has 2 heterocycles. The molecule has 24 heavy (non-hydrogen) atoms. The summed E-state index contributed by atoms with van der Waals surface area (Å²) >= 11 is 18.1. The van der Waals surface area contributed by atoms with Crippen molar-refractivity contribution in [2.75, 3.05) is 24.6 Å². The van der Waals surface area contributed by atoms with Gasteiger partial charge in [-0.2, -0.15) is 9.78 Å². The Kier molecular flexibility index (Phi) is 5.35. The van der Waals surface area contributed by atoms with Crippen molar-refractivity contribution in [3.8, 4) is 5.69 Å². The molecule has 8 heteroatoms. The fourth-order valence-corrected chi connectivity index (χ4v) is 3.46. The second kappa shape index (κ2) is 7.31. The number of anilines is 1. The summed E-state index contributed by atoms with van der Waals surface area (Å²) in [7, 11) is 0. The number of nitrogens with zero attached hydrogens (tertiary/aromatic N) is 3. The van der Waals surface area contributed by atoms with E-state index in [1.54, 1.807) is 12.1 Å². The van der Waals surface area contributed by atoms with Crippen molar-refractivity contribution < 1.29 is 5.11 Å². The van der Waals surface area contributed by atoms with Gasteiger partial charge in [0.05, 0.1) is 27.6 Å². The molecule has 0 spiro atoms. The topological polar surface area (TPSA) is 58.4 Å². The molecule has 1 saturated heterocycles. The third-order valence-electron chi connectivity index (χ3n) is 4.17. The Morgan fingerprint density at radius 1 is 1.25 bits per heavy atom. The van der Waals surface area contributed by atoms with E-state index in [2.05, 4.69) is 10.00 Å². The number of piperidine rings is 1. The van der Waals surface area contributed by atoms with Gasteiger partial charge in [0.25, 0.3) is 5.56 Å². The Labute approximate surface area is 154 Å². The lowest BCUT2D eigenvalue weighted by atomic mass is 9.98. The van der Waals surface area contributed by atoms with Crippen LogP contribution < -0.4 is 10.5 Å². The van der Waals surface area contributed by atoms with Gasteiger partial charge in [-0.3, -0.25) is 4.79 Å². The van der Waals surface area contributed by atoms with Crippen LogP contribution in [0.15, 0.2) is 29.2 Å². The molecule has 0 amide bonds. The molecule has 0 bridgehead atoms. The summed E-state index contributed by atoms with van der Waals surface area (Å²) < 4.78 is 1.16. The monoisotopic (exact) mass is 387 g/mol. The third-order valence-corrected chi connectivity index (χ3v) is 5.22. The average molecular weight is 389 g/mol. The molecular weight excluding hydrogens is 373 g/mol. The highest BCUT2D eigenvalue weighted by molar-refractivity contribution is 6.41. The number of rotatable bonds is 3. The largest absolute Gasteiger partial charge is 0.396 e. The van der Waals surface area contributed by atoms with Gasteiger partial charge in [-0.25, -0.2) is 0 Å². The van der Waals surface area contributed by atoms with Crippen LogP contribution in [-0.2, 0) is 0 Å². The highest BCUT2D eigenvalue weighted by Gasteiger charge is 2.21. The lowest BCUT2D eigenvalue weighted by molar-refractivity contribution is 0.209. The number of benzene rings is 1. The number of hydrogen-bond acceptors (Lipinski definition) is 4. The minimum Gasteiger partial charge on any atom is -0.396 e. The summed E-state index contributed by atoms with van der Waals surface area (Å²) in [4.78, 5) is 14.3. The first-order chi connectivity index (χ1) is 11.5. The summed E-state index contributed by atoms with van der Waals surface area (Å²) in [6.45, 7) is 1.83. The lowest BCUT2D eigenvalue weighted by Gasteiger charge is -2.34. The average Bonchev–Trinajstić information content (AvgIpc) is 2.60. The highest BCUT2D eigenvalue weighted by atomic mass is 35.5. The van der Waals surface area contributed by atoms with Gasteiger partial charge in [-0.1, -0.05) is 34.8 Å². The molecule has 0 radical (unpaired) electrons. The van der Waals surface area contributed by atoms with Crippen molar-refractivity contribution >= 4 is 40.5 Å². The van der Waals surface area contributed by atoms with Gasteiger partial charge in [0, 0.05) is 19.7 Å². The summed E-state index contributed by atoms with van der Waals surface area (Å²) in [6.07, 6.45) is 3.35. The molecule has 1 N–H and O–H groups in total. The van der Waals surface area contributed by atoms with Gasteiger partial charge < -0.3 is 10.0 Å². The Morgan fingerprint density at radius 3 is 2.75 bits per heavy atom. The maximum absolute atomic E-state index is 12.2. The minimum atomic E-state index is -0.494. The Balaban J connectivity index is 1.93. The first-order valence-corrected chi connectivity index (χ1v) is 8.73. The second-order valence-corrected chi connectivity index (χ2v) is 6.99. The Hall–Kier alpha value is -1.27. The van der Waals surface area contributed by atoms with Crippen LogP contribution in [0.5, 0.6) is 0 Å². The summed E-state index contributed by atoms with van der Waals surface area (Å²) in [5.41, 5.74) is 0.904. The smallest absolute Gasteiger partial charge is 0.291 e. The van der Waals surface area contributed by atoms with Gasteiger partial charge in [0.2, 0.25) is 0 Å². The van der Waals surface area contributed by atoms with Crippen molar-refractivity contribution in [1.82, 2.24) is 9.78 Å². The molecule has 5 nitrogen and oxygen atoms in total. The molecule has 1 aliphatic heterocycles. The fraction of sp³-hybridized carbons (Fsp3) is 0.375. The first-order valence-electron chi connectivity index (χ1n) is 7.60. The molecule has 1 aliphatic rings. The quantitative estimate of drug-likeness (QED) is 0.875. The van der Waals surface area contributed by atoms with Gasteiger partial charge in [0.1, 0.15) is 5.02 Å². The van der Waals surface area contributed by atoms with Crippen LogP contribution in [0.3, 0.4) is 0 Å². The van der Waals surface area contributed by atoms with E-state index in [9.17, 15) is 9.90 Å². The SMILES string of the molecule is O=c1c(Cl)c(Cl)cnn1-c1ccc(N2CCCC(CO)C2)c(Cl)c1. The number of hydrogen-bond donors (Lipinski definition) is 1. The molecule has 1 fully saturated rings. The first kappa shape index (κ1) is 17.5. The summed E-state index contributed by atoms with van der Waals surface area (Å²) in [6, 6.07) is 5.30. The zero-order valence-electron chi connectivity index (χ0n) is 12.8. The van der Waals surface area contributed by atoms with E-state index in [4.69, 9.17) is 34.8 Å². The standard InChI is InChI=1S/C16H16Cl3N3O2/c17-12-6-11(22-16(24)15(19)13(18)7-20-22)3-4-14(12)21-5-1-2-10(8-21)9-23/h3-4,6-7,10,23H,1-2,5,8-9H2. The zero-order chi connectivity index (χ0) is 17.3. The highest BCUT2D eigenvalue weighted by Crippen LogP contribution is 2.31. The number of aliphatic hydroxyl groups is 1. The molecule has 3 rings (SSSR count). The van der Waals surface area contributed by atoms with Crippen LogP contribution in [0, 0.1) is 5.92 Å². The molecule has 1 aromatic carbocycles. The number of aromatic nitrogens is 2. The normalized spacial score (nSPS) is 18.0. The second-order valence-electron chi connectivity index (χ2n) is 5.80. The van der Waals surface area contributed by atoms with Crippen molar-refractivity contribution in [3.63, 3.8) is 0 Å². The molecule has 1 atom stereocenters. The van der Waals surface area contributed by atoms with Crippen LogP contribution in [0.2, 0.25) is 15.1 Å². The van der Waals surface area contributed by atoms with Gasteiger partial charge in [-0.15, -0.1) is 0 Å². The van der Waals surface area contributed by atoms with Crippen LogP contribution in [0.25, 0.3) is 5.69 Å². The van der Waals surface area contributed by atoms with E-state index in [0.717, 1.165) is 36.3 Å². The maximum Gasteiger partial charge on any atom is 0.291 e. The van der Waals surface area contributed by atoms with E-state index in [-0.39, 0.29) is 22.6 Å². The van der Waals surface area contributed by atoms with E-state index in [1.807, 2.05) is 6.07 Å². The van der Waals surface area contributed by atoms with Crippen LogP contribution in [0.1, 0.15) is 12.8 Å². The van der Waals surface area contributed by atoms with Gasteiger partial charge in [-0.05, 0) is 37.0 Å². The van der Waals surface area contributed by atoms with Crippen LogP contribution >= 0.6 is 34.8 Å². The van der Waals surface area contributed by atoms with Crippen molar-refractivity contribution in [3.05, 3.63) is 49.8 Å². The zero-order valence-corrected chi connectivity index (χ0v) is 15.0. The van der Waals surface area contributed by atoms with E-state index < -0.39 is 5.56 Å². The van der Waals surface area contributed by atoms with Crippen molar-refractivity contribution in [2.24, 2.45) is 5.92 Å². The van der Waals surface area contributed by atoms with Gasteiger partial charge in [0.15, 0.2) is 0 Å². The van der Waals surface area contributed by atoms with E-state index in [0.29, 0.717) is 10.7 Å². The van der Waals surface area contributed by atoms with Crippen molar-refractivity contribution in [2.45, 2.75) is 12.8 Å². The molecule has 128 valence electrons. The van der Waals surface area contributed by atoms with Crippen LogP contribution in [0.4, 0.5) is 5.69 Å². The molecule has 0 aliphatic carbocycles. The maximum atomic E-state index is 12.2. The molecule has 1 aromatic heterocycles. The van der Waals surface area contributed by atoms with Gasteiger partial charge >= 0.3 is 0 Å². The minimum absolute atomic E-state index is 0.0753. The third kappa shape index (κ3) is 3.40. The predicted molar refractivity (Wildman–Crippen MR) is 96.9 cm³/mol. The Morgan fingerprint density at radius 2 is 2.04 bits per heavy atom. The fourth-order valence-electron chi connectivity index (χ4n) is 2.91. The van der Waals surface area contributed by atoms with E-state index in [1.165, 1.54) is 6.20 Å². The lowest BCUT2D eigenvalue weighted by Crippen LogP contribution is -2.37. The van der Waals surface area contributed by atoms with Crippen molar-refractivity contribution in [1.29, 1.82) is 0 Å². The predicted octanol–water partition coefficient (Wildman–Crippen LogP) is 3.40. The molecule has 1 unspecified atom stereocenters. The molecular formula is C16H16Cl3N3O2. The number of aliphatic hydroxyl groups excluding tert-OH is 1. The molecule has 0 saturated carbocycles. The Bertz CT molecular complexity index is 810. The van der Waals surface area contributed by atoms with E-state index >= 15 is 0 Å². The molecule has 2 aromatic rings. The van der Waals surface area contributed by atoms with Crippen LogP contribution in [-0.4, -0.2) is 34.6 Å². The number of halogens is 3.